The molecular formula is C69H70ClN2OP4Ru+3. The molecule has 0 unspecified atom stereocenters. The largest absolute Gasteiger partial charge is 0.371 e. The van der Waals surface area contributed by atoms with Crippen molar-refractivity contribution < 1.29 is 22.1 Å². The summed E-state index contributed by atoms with van der Waals surface area (Å²) in [6.07, 6.45) is 4.61. The maximum absolute atomic E-state index is 7.75. The van der Waals surface area contributed by atoms with Crippen LogP contribution in [0.3, 0.4) is 0 Å². The molecule has 0 spiro atoms. The zero-order valence-corrected chi connectivity index (χ0v) is 50.5. The molecule has 394 valence electrons. The number of para-hydroxylation sites is 2. The Morgan fingerprint density at radius 1 is 0.295 bits per heavy atom. The van der Waals surface area contributed by atoms with Gasteiger partial charge in [0.05, 0.1) is 62.5 Å². The third-order valence-electron chi connectivity index (χ3n) is 13.5. The number of rotatable bonds is 22. The van der Waals surface area contributed by atoms with Crippen LogP contribution in [-0.4, -0.2) is 57.6 Å². The summed E-state index contributed by atoms with van der Waals surface area (Å²) in [6, 6.07) is 111. The van der Waals surface area contributed by atoms with Gasteiger partial charge in [-0.3, -0.25) is 6.79 Å². The van der Waals surface area contributed by atoms with Crippen LogP contribution in [0.1, 0.15) is 0 Å². The molecule has 0 fully saturated rings. The van der Waals surface area contributed by atoms with Gasteiger partial charge in [0, 0.05) is 24.5 Å². The van der Waals surface area contributed by atoms with Gasteiger partial charge in [-0.15, -0.1) is 0 Å². The molecule has 0 aromatic heterocycles. The molecular weight excluding hydrogens is 1130 g/mol. The van der Waals surface area contributed by atoms with Crippen LogP contribution in [0.15, 0.2) is 303 Å². The molecule has 0 saturated heterocycles. The monoisotopic (exact) mass is 1200 g/mol. The molecule has 0 aliphatic carbocycles. The van der Waals surface area contributed by atoms with E-state index < -0.39 is 31.7 Å². The fourth-order valence-electron chi connectivity index (χ4n) is 9.67. The average Bonchev–Trinajstić information content (AvgIpc) is 3.54. The summed E-state index contributed by atoms with van der Waals surface area (Å²) in [5.74, 6) is 0. The van der Waals surface area contributed by atoms with Crippen LogP contribution in [-0.2, 0) is 22.1 Å². The Labute approximate surface area is 484 Å². The Morgan fingerprint density at radius 3 is 0.718 bits per heavy atom. The maximum atomic E-state index is 7.75. The minimum absolute atomic E-state index is 0.424. The van der Waals surface area contributed by atoms with Crippen LogP contribution in [0.25, 0.3) is 0 Å². The number of nitrogens with zero attached hydrogens (tertiary/aromatic N) is 2. The molecule has 0 saturated carbocycles. The fourth-order valence-corrected chi connectivity index (χ4v) is 19.5. The summed E-state index contributed by atoms with van der Waals surface area (Å²) in [7, 11) is 2.01. The van der Waals surface area contributed by atoms with E-state index >= 15 is 0 Å². The molecule has 9 heteroatoms. The molecule has 0 radical (unpaired) electrons. The van der Waals surface area contributed by atoms with Crippen molar-refractivity contribution in [3.63, 3.8) is 0 Å². The van der Waals surface area contributed by atoms with Crippen molar-refractivity contribution in [2.45, 2.75) is 0 Å². The summed E-state index contributed by atoms with van der Waals surface area (Å²) >= 11 is 1.62. The Balaban J connectivity index is 0.000000213. The third kappa shape index (κ3) is 18.6. The maximum Gasteiger partial charge on any atom is 0.0967 e. The summed E-state index contributed by atoms with van der Waals surface area (Å²) in [5.41, 5.74) is 2.64. The molecule has 10 aromatic carbocycles. The van der Waals surface area contributed by atoms with E-state index in [-0.39, 0.29) is 0 Å². The van der Waals surface area contributed by atoms with E-state index in [9.17, 15) is 0 Å². The Kier molecular flexibility index (Phi) is 26.7. The second-order valence-electron chi connectivity index (χ2n) is 18.2. The van der Waals surface area contributed by atoms with Gasteiger partial charge in [0.15, 0.2) is 0 Å². The number of carbonyl (C=O) groups excluding carboxylic acids is 1. The second-order valence-corrected chi connectivity index (χ2v) is 28.1. The van der Waals surface area contributed by atoms with E-state index in [0.717, 1.165) is 38.5 Å². The molecule has 78 heavy (non-hydrogen) atoms. The van der Waals surface area contributed by atoms with Gasteiger partial charge in [-0.05, 0) is 122 Å². The molecule has 3 nitrogen and oxygen atoms in total. The Hall–Kier alpha value is -5.90. The van der Waals surface area contributed by atoms with Crippen molar-refractivity contribution >= 4 is 102 Å². The predicted octanol–water partition coefficient (Wildman–Crippen LogP) is 13.1. The Bertz CT molecular complexity index is 2550. The first-order chi connectivity index (χ1) is 38.8. The average molecular weight is 1200 g/mol. The number of anilines is 2. The zero-order valence-electron chi connectivity index (χ0n) is 44.1. The summed E-state index contributed by atoms with van der Waals surface area (Å²) in [4.78, 5) is 13.0. The summed E-state index contributed by atoms with van der Waals surface area (Å²) in [5, 5.41) is 11.8. The van der Waals surface area contributed by atoms with Crippen LogP contribution in [0, 0.1) is 0 Å². The van der Waals surface area contributed by atoms with Crippen LogP contribution in [0.5, 0.6) is 0 Å². The molecule has 0 N–H and O–H groups in total. The van der Waals surface area contributed by atoms with E-state index in [1.165, 1.54) is 66.1 Å². The number of hydrogen-bond donors (Lipinski definition) is 0. The van der Waals surface area contributed by atoms with Gasteiger partial charge in [-0.1, -0.05) is 231 Å². The molecule has 0 aliphatic rings. The van der Waals surface area contributed by atoms with Gasteiger partial charge in [-0.2, -0.15) is 0 Å². The van der Waals surface area contributed by atoms with E-state index in [4.69, 9.17) is 4.79 Å². The van der Waals surface area contributed by atoms with E-state index in [1.807, 2.05) is 0 Å². The van der Waals surface area contributed by atoms with E-state index in [2.05, 4.69) is 330 Å². The van der Waals surface area contributed by atoms with Crippen LogP contribution in [0.4, 0.5) is 11.4 Å². The minimum atomic E-state index is -0.876. The van der Waals surface area contributed by atoms with E-state index in [1.54, 1.807) is 17.3 Å². The number of halogens is 1. The molecule has 0 amide bonds. The van der Waals surface area contributed by atoms with Gasteiger partial charge >= 0.3 is 27.0 Å². The first-order valence-electron chi connectivity index (χ1n) is 26.4. The predicted molar refractivity (Wildman–Crippen MR) is 350 cm³/mol. The fraction of sp³-hybridized carbons (Fsp3) is 0.116. The SMILES string of the molecule is [CH-]=O.[Cl][RuH+2].c1ccc(N(CCP(c2ccccc2)c2ccccc2)CCP(c2ccccc2)c2ccccc2)cc1.c1ccc(N(CC[PH+](c2ccccc2)c2ccccc2)CC[PH+](c2ccccc2)c2ccccc2)cc1. The van der Waals surface area contributed by atoms with Crippen LogP contribution < -0.4 is 52.2 Å². The number of benzene rings is 10. The molecule has 10 aromatic rings. The van der Waals surface area contributed by atoms with Gasteiger partial charge < -0.3 is 14.6 Å². The first kappa shape index (κ1) is 59.8. The smallest absolute Gasteiger partial charge is 0.0967 e. The van der Waals surface area contributed by atoms with Crippen molar-refractivity contribution in [1.82, 2.24) is 0 Å². The standard InChI is InChI=1S/2C34H33NP2.CHO.ClH.Ru.H/c2*1-6-16-30(17-7-1)35(26-28-36(31-18-8-2-9-19-31)32-20-10-3-11-21-32)27-29-37(33-22-12-4-13-23-33)34-24-14-5-15-25-34;1-2;;;/h2*1-25H,26-29H2;1H;1H;;/q;;-1;;+3;/p+1. The van der Waals surface area contributed by atoms with Gasteiger partial charge in [0.2, 0.25) is 0 Å². The van der Waals surface area contributed by atoms with E-state index in [0.29, 0.717) is 0 Å². The van der Waals surface area contributed by atoms with Crippen molar-refractivity contribution in [3.8, 4) is 0 Å². The summed E-state index contributed by atoms with van der Waals surface area (Å²) < 4.78 is 0. The topological polar surface area (TPSA) is 23.6 Å². The van der Waals surface area contributed by atoms with Crippen molar-refractivity contribution in [2.24, 2.45) is 0 Å². The van der Waals surface area contributed by atoms with Gasteiger partial charge in [-0.25, -0.2) is 0 Å². The molecule has 10 rings (SSSR count). The quantitative estimate of drug-likeness (QED) is 0.0292. The molecule has 0 aliphatic heterocycles. The number of hydrogen-bond acceptors (Lipinski definition) is 3. The van der Waals surface area contributed by atoms with Crippen molar-refractivity contribution in [1.29, 1.82) is 0 Å². The Morgan fingerprint density at radius 2 is 0.487 bits per heavy atom. The van der Waals surface area contributed by atoms with Crippen LogP contribution >= 0.6 is 41.4 Å². The van der Waals surface area contributed by atoms with Gasteiger partial charge in [0.25, 0.3) is 0 Å². The summed E-state index contributed by atoms with van der Waals surface area (Å²) in [6.45, 7) is 7.43. The normalized spacial score (nSPS) is 10.6. The molecule has 0 atom stereocenters. The first-order valence-corrected chi connectivity index (χ1v) is 35.3. The minimum Gasteiger partial charge on any atom is -0.371 e. The van der Waals surface area contributed by atoms with Crippen molar-refractivity contribution in [3.05, 3.63) is 303 Å². The molecule has 0 heterocycles. The van der Waals surface area contributed by atoms with Crippen LogP contribution in [0.2, 0.25) is 0 Å². The van der Waals surface area contributed by atoms with Gasteiger partial charge in [0.1, 0.15) is 0 Å². The zero-order chi connectivity index (χ0) is 54.2. The second kappa shape index (κ2) is 34.9. The molecule has 0 bridgehead atoms. The van der Waals surface area contributed by atoms with Crippen molar-refractivity contribution in [2.75, 3.05) is 60.6 Å². The third-order valence-corrected chi connectivity index (χ3v) is 24.0.